The molecule has 0 aromatic heterocycles. The van der Waals surface area contributed by atoms with Gasteiger partial charge in [-0.1, -0.05) is 17.9 Å². The molecule has 0 atom stereocenters. The van der Waals surface area contributed by atoms with Crippen LogP contribution in [-0.4, -0.2) is 60.0 Å². The highest BCUT2D eigenvalue weighted by atomic mass is 16.2. The van der Waals surface area contributed by atoms with Crippen molar-refractivity contribution in [3.05, 3.63) is 34.9 Å². The summed E-state index contributed by atoms with van der Waals surface area (Å²) in [6.45, 7) is 2.88. The average molecular weight is 286 g/mol. The molecule has 110 valence electrons. The molecule has 5 heteroatoms. The molecule has 1 aliphatic rings. The van der Waals surface area contributed by atoms with Gasteiger partial charge in [-0.3, -0.25) is 9.59 Å². The van der Waals surface area contributed by atoms with Crippen LogP contribution in [0, 0.1) is 18.8 Å². The second kappa shape index (κ2) is 6.42. The van der Waals surface area contributed by atoms with E-state index in [0.717, 1.165) is 11.1 Å². The molecule has 0 unspecified atom stereocenters. The van der Waals surface area contributed by atoms with Crippen LogP contribution in [0.3, 0.4) is 0 Å². The Labute approximate surface area is 124 Å². The normalized spacial score (nSPS) is 14.7. The lowest BCUT2D eigenvalue weighted by Gasteiger charge is -2.32. The molecule has 0 radical (unpaired) electrons. The van der Waals surface area contributed by atoms with Gasteiger partial charge < -0.3 is 14.9 Å². The van der Waals surface area contributed by atoms with E-state index < -0.39 is 0 Å². The van der Waals surface area contributed by atoms with Gasteiger partial charge in [-0.05, 0) is 24.6 Å². The van der Waals surface area contributed by atoms with Crippen LogP contribution in [0.4, 0.5) is 0 Å². The Kier molecular flexibility index (Phi) is 4.61. The molecule has 2 rings (SSSR count). The van der Waals surface area contributed by atoms with Gasteiger partial charge >= 0.3 is 0 Å². The Morgan fingerprint density at radius 2 is 2.14 bits per heavy atom. The fourth-order valence-corrected chi connectivity index (χ4v) is 2.14. The first kappa shape index (κ1) is 15.1. The Bertz CT molecular complexity index is 628. The van der Waals surface area contributed by atoms with E-state index in [-0.39, 0.29) is 25.0 Å². The van der Waals surface area contributed by atoms with Crippen LogP contribution in [0.2, 0.25) is 0 Å². The van der Waals surface area contributed by atoms with Crippen molar-refractivity contribution in [1.29, 1.82) is 0 Å². The summed E-state index contributed by atoms with van der Waals surface area (Å²) in [5.41, 5.74) is 2.18. The first-order chi connectivity index (χ1) is 10.0. The third-order valence-electron chi connectivity index (χ3n) is 3.53. The number of carbonyl (C=O) groups excluding carboxylic acids is 2. The standard InChI is InChI=1S/C16H18N2O3/c1-12-5-6-14(10-13(12)4-3-9-19)16(21)18-8-7-17(2)15(20)11-18/h5-6,10,19H,7-9,11H2,1-2H3. The second-order valence-electron chi connectivity index (χ2n) is 5.03. The van der Waals surface area contributed by atoms with Gasteiger partial charge in [-0.2, -0.15) is 0 Å². The highest BCUT2D eigenvalue weighted by Crippen LogP contribution is 2.14. The summed E-state index contributed by atoms with van der Waals surface area (Å²) < 4.78 is 0. The maximum atomic E-state index is 12.4. The molecule has 5 nitrogen and oxygen atoms in total. The lowest BCUT2D eigenvalue weighted by Crippen LogP contribution is -2.50. The second-order valence-corrected chi connectivity index (χ2v) is 5.03. The zero-order valence-corrected chi connectivity index (χ0v) is 12.2. The van der Waals surface area contributed by atoms with E-state index in [1.807, 2.05) is 13.0 Å². The van der Waals surface area contributed by atoms with Crippen LogP contribution in [0.15, 0.2) is 18.2 Å². The zero-order valence-electron chi connectivity index (χ0n) is 12.2. The molecular formula is C16H18N2O3. The number of carbonyl (C=O) groups is 2. The van der Waals surface area contributed by atoms with E-state index >= 15 is 0 Å². The van der Waals surface area contributed by atoms with E-state index in [1.165, 1.54) is 0 Å². The van der Waals surface area contributed by atoms with Crippen molar-refractivity contribution >= 4 is 11.8 Å². The molecule has 0 aliphatic carbocycles. The minimum atomic E-state index is -0.218. The van der Waals surface area contributed by atoms with Gasteiger partial charge in [0.25, 0.3) is 5.91 Å². The van der Waals surface area contributed by atoms with Crippen LogP contribution in [-0.2, 0) is 4.79 Å². The maximum Gasteiger partial charge on any atom is 0.254 e. The summed E-state index contributed by atoms with van der Waals surface area (Å²) in [5, 5.41) is 8.76. The first-order valence-corrected chi connectivity index (χ1v) is 6.76. The number of aliphatic hydroxyl groups excluding tert-OH is 1. The number of amides is 2. The summed E-state index contributed by atoms with van der Waals surface area (Å²) in [6, 6.07) is 5.28. The summed E-state index contributed by atoms with van der Waals surface area (Å²) in [5.74, 6) is 5.20. The predicted octanol–water partition coefficient (Wildman–Crippen LogP) is 0.253. The SMILES string of the molecule is Cc1ccc(C(=O)N2CCN(C)C(=O)C2)cc1C#CCO. The number of benzene rings is 1. The quantitative estimate of drug-likeness (QED) is 0.753. The van der Waals surface area contributed by atoms with Crippen LogP contribution >= 0.6 is 0 Å². The number of aryl methyl sites for hydroxylation is 1. The van der Waals surface area contributed by atoms with Crippen LogP contribution in [0.1, 0.15) is 21.5 Å². The molecule has 0 bridgehead atoms. The first-order valence-electron chi connectivity index (χ1n) is 6.76. The Morgan fingerprint density at radius 3 is 2.81 bits per heavy atom. The van der Waals surface area contributed by atoms with Crippen molar-refractivity contribution in [3.8, 4) is 11.8 Å². The number of hydrogen-bond donors (Lipinski definition) is 1. The fourth-order valence-electron chi connectivity index (χ4n) is 2.14. The van der Waals surface area contributed by atoms with Crippen molar-refractivity contribution in [2.24, 2.45) is 0 Å². The Balaban J connectivity index is 2.21. The molecule has 1 aromatic carbocycles. The smallest absolute Gasteiger partial charge is 0.254 e. The highest BCUT2D eigenvalue weighted by Gasteiger charge is 2.25. The van der Waals surface area contributed by atoms with Crippen molar-refractivity contribution in [1.82, 2.24) is 9.80 Å². The van der Waals surface area contributed by atoms with Gasteiger partial charge in [0, 0.05) is 31.3 Å². The van der Waals surface area contributed by atoms with Gasteiger partial charge in [0.05, 0.1) is 0 Å². The molecule has 1 N–H and O–H groups in total. The number of piperazine rings is 1. The van der Waals surface area contributed by atoms with Gasteiger partial charge in [-0.15, -0.1) is 0 Å². The molecular weight excluding hydrogens is 268 g/mol. The molecule has 1 fully saturated rings. The number of aliphatic hydroxyl groups is 1. The topological polar surface area (TPSA) is 60.9 Å². The van der Waals surface area contributed by atoms with Crippen LogP contribution < -0.4 is 0 Å². The molecule has 1 heterocycles. The van der Waals surface area contributed by atoms with E-state index in [4.69, 9.17) is 5.11 Å². The van der Waals surface area contributed by atoms with Crippen LogP contribution in [0.25, 0.3) is 0 Å². The van der Waals surface area contributed by atoms with E-state index in [2.05, 4.69) is 11.8 Å². The van der Waals surface area contributed by atoms with Gasteiger partial charge in [0.1, 0.15) is 13.2 Å². The van der Waals surface area contributed by atoms with Gasteiger partial charge in [-0.25, -0.2) is 0 Å². The van der Waals surface area contributed by atoms with Crippen LogP contribution in [0.5, 0.6) is 0 Å². The molecule has 2 amide bonds. The largest absolute Gasteiger partial charge is 0.384 e. The number of likely N-dealkylation sites (N-methyl/N-ethyl adjacent to an activating group) is 1. The van der Waals surface area contributed by atoms with Crippen molar-refractivity contribution in [2.75, 3.05) is 33.3 Å². The number of nitrogens with zero attached hydrogens (tertiary/aromatic N) is 2. The minimum absolute atomic E-state index is 0.0537. The molecule has 0 saturated carbocycles. The molecule has 21 heavy (non-hydrogen) atoms. The van der Waals surface area contributed by atoms with E-state index in [1.54, 1.807) is 29.0 Å². The molecule has 1 aromatic rings. The summed E-state index contributed by atoms with van der Waals surface area (Å²) in [7, 11) is 1.73. The third-order valence-corrected chi connectivity index (χ3v) is 3.53. The van der Waals surface area contributed by atoms with Gasteiger partial charge in [0.2, 0.25) is 5.91 Å². The third kappa shape index (κ3) is 3.41. The lowest BCUT2D eigenvalue weighted by atomic mass is 10.0. The van der Waals surface area contributed by atoms with Crippen molar-refractivity contribution < 1.29 is 14.7 Å². The molecule has 0 spiro atoms. The summed E-state index contributed by atoms with van der Waals surface area (Å²) in [4.78, 5) is 27.3. The molecule has 1 aliphatic heterocycles. The van der Waals surface area contributed by atoms with Gasteiger partial charge in [0.15, 0.2) is 0 Å². The predicted molar refractivity (Wildman–Crippen MR) is 78.7 cm³/mol. The molecule has 1 saturated heterocycles. The van der Waals surface area contributed by atoms with E-state index in [9.17, 15) is 9.59 Å². The summed E-state index contributed by atoms with van der Waals surface area (Å²) in [6.07, 6.45) is 0. The summed E-state index contributed by atoms with van der Waals surface area (Å²) >= 11 is 0. The highest BCUT2D eigenvalue weighted by molar-refractivity contribution is 5.97. The zero-order chi connectivity index (χ0) is 15.4. The monoisotopic (exact) mass is 286 g/mol. The van der Waals surface area contributed by atoms with Crippen molar-refractivity contribution in [3.63, 3.8) is 0 Å². The Morgan fingerprint density at radius 1 is 1.38 bits per heavy atom. The average Bonchev–Trinajstić information content (AvgIpc) is 2.48. The van der Waals surface area contributed by atoms with Crippen molar-refractivity contribution in [2.45, 2.75) is 6.92 Å². The lowest BCUT2D eigenvalue weighted by molar-refractivity contribution is -0.133. The maximum absolute atomic E-state index is 12.4. The fraction of sp³-hybridized carbons (Fsp3) is 0.375. The number of hydrogen-bond acceptors (Lipinski definition) is 3. The minimum Gasteiger partial charge on any atom is -0.384 e. The number of rotatable bonds is 1. The van der Waals surface area contributed by atoms with E-state index in [0.29, 0.717) is 18.7 Å². The Hall–Kier alpha value is -2.32.